The molecule has 1 spiro atoms. The van der Waals surface area contributed by atoms with Gasteiger partial charge in [-0.05, 0) is 76.7 Å². The maximum atomic E-state index is 14.5. The van der Waals surface area contributed by atoms with Gasteiger partial charge in [-0.3, -0.25) is 9.59 Å². The second kappa shape index (κ2) is 16.2. The van der Waals surface area contributed by atoms with Crippen LogP contribution in [0.4, 0.5) is 0 Å². The number of ether oxygens (including phenoxy) is 3. The molecular formula is C41H60N4O9S2. The van der Waals surface area contributed by atoms with Crippen LogP contribution in [-0.2, 0) is 33.4 Å². The smallest absolute Gasteiger partial charge is 0.334 e. The van der Waals surface area contributed by atoms with E-state index in [0.717, 1.165) is 24.7 Å². The zero-order valence-corrected chi connectivity index (χ0v) is 34.4. The average Bonchev–Trinajstić information content (AvgIpc) is 3.53. The van der Waals surface area contributed by atoms with Crippen molar-refractivity contribution in [1.82, 2.24) is 15.5 Å². The van der Waals surface area contributed by atoms with E-state index >= 15 is 0 Å². The summed E-state index contributed by atoms with van der Waals surface area (Å²) in [6.45, 7) is 4.34. The van der Waals surface area contributed by atoms with Gasteiger partial charge in [0.15, 0.2) is 0 Å². The van der Waals surface area contributed by atoms with Crippen molar-refractivity contribution in [1.29, 1.82) is 0 Å². The van der Waals surface area contributed by atoms with Crippen molar-refractivity contribution in [2.45, 2.75) is 119 Å². The van der Waals surface area contributed by atoms with Crippen molar-refractivity contribution in [3.8, 4) is 0 Å². The van der Waals surface area contributed by atoms with E-state index in [-0.39, 0.29) is 109 Å². The van der Waals surface area contributed by atoms with E-state index in [4.69, 9.17) is 19.9 Å². The summed E-state index contributed by atoms with van der Waals surface area (Å²) in [6, 6.07) is 0.0737. The number of fused-ring (bicyclic) bond motifs is 6. The lowest BCUT2D eigenvalue weighted by molar-refractivity contribution is -0.245. The molecule has 7 fully saturated rings. The number of nitrogens with two attached hydrogens (primary N) is 1. The molecule has 0 aromatic heterocycles. The molecule has 13 nitrogen and oxygen atoms in total. The van der Waals surface area contributed by atoms with Crippen LogP contribution in [-0.4, -0.2) is 125 Å². The van der Waals surface area contributed by atoms with Crippen molar-refractivity contribution in [2.24, 2.45) is 53.1 Å². The van der Waals surface area contributed by atoms with Crippen molar-refractivity contribution < 1.29 is 43.6 Å². The van der Waals surface area contributed by atoms with Crippen LogP contribution in [0.5, 0.6) is 0 Å². The maximum Gasteiger partial charge on any atom is 0.334 e. The molecule has 2 saturated carbocycles. The summed E-state index contributed by atoms with van der Waals surface area (Å²) in [4.78, 5) is 55.6. The molecule has 0 aromatic rings. The average molecular weight is 817 g/mol. The molecule has 5 aliphatic heterocycles. The van der Waals surface area contributed by atoms with Crippen LogP contribution in [0.15, 0.2) is 23.3 Å². The van der Waals surface area contributed by atoms with Gasteiger partial charge in [0.1, 0.15) is 23.6 Å². The third kappa shape index (κ3) is 6.81. The second-order valence-electron chi connectivity index (χ2n) is 17.9. The van der Waals surface area contributed by atoms with E-state index in [0.29, 0.717) is 62.9 Å². The molecule has 8 rings (SSSR count). The monoisotopic (exact) mass is 816 g/mol. The molecule has 3 aliphatic carbocycles. The Balaban J connectivity index is 1.23. The van der Waals surface area contributed by atoms with Crippen molar-refractivity contribution in [3.63, 3.8) is 0 Å². The molecule has 0 bridgehead atoms. The molecule has 5 heterocycles. The number of nitrogens with one attached hydrogen (secondary N) is 2. The molecule has 16 atom stereocenters. The Kier molecular flexibility index (Phi) is 11.8. The van der Waals surface area contributed by atoms with Gasteiger partial charge in [0.25, 0.3) is 0 Å². The fourth-order valence-electron chi connectivity index (χ4n) is 12.5. The van der Waals surface area contributed by atoms with Crippen LogP contribution in [0, 0.1) is 47.3 Å². The van der Waals surface area contributed by atoms with Crippen LogP contribution < -0.4 is 16.4 Å². The summed E-state index contributed by atoms with van der Waals surface area (Å²) in [7, 11) is 5.41. The second-order valence-corrected chi connectivity index (χ2v) is 20.5. The zero-order chi connectivity index (χ0) is 39.5. The van der Waals surface area contributed by atoms with Gasteiger partial charge in [-0.1, -0.05) is 39.3 Å². The SMILES string of the molecule is CC=C(CCO)C(=O)O[C@@]1(C)[C@@H](CO)C=C2CSS[C@H]3C[C@H](C=O)[C@H](NC)[C@H]4CN(C(=O)CC5CNC(N)CC5[C@H]2[C@@]12CC1CC5CCC(=O)OC5CC1O2)[C@@H]43. The van der Waals surface area contributed by atoms with Gasteiger partial charge >= 0.3 is 11.9 Å². The number of aliphatic hydroxyl groups is 2. The normalized spacial score (nSPS) is 46.3. The van der Waals surface area contributed by atoms with Gasteiger partial charge in [-0.2, -0.15) is 0 Å². The summed E-state index contributed by atoms with van der Waals surface area (Å²) < 4.78 is 20.2. The largest absolute Gasteiger partial charge is 0.462 e. The Hall–Kier alpha value is -1.98. The minimum atomic E-state index is -1.34. The first-order valence-corrected chi connectivity index (χ1v) is 23.2. The van der Waals surface area contributed by atoms with Gasteiger partial charge in [0, 0.05) is 91.7 Å². The van der Waals surface area contributed by atoms with E-state index in [2.05, 4.69) is 21.6 Å². The van der Waals surface area contributed by atoms with Crippen molar-refractivity contribution in [2.75, 3.05) is 39.1 Å². The molecule has 5 saturated heterocycles. The predicted molar refractivity (Wildman–Crippen MR) is 212 cm³/mol. The quantitative estimate of drug-likeness (QED) is 0.0828. The standard InChI is InChI=1S/C41H60N4O9S2/c1-4-21(7-8-46)39(51)54-40(2)27(19-48)10-26-20-55-56-32-11-25(18-47)37(43-3)29-17-45(38(29)32)34(49)12-24-16-44-33(42)13-28(24)36(26)41(40)15-23-9-22-5-6-35(50)52-30(22)14-31(23)53-41/h4,10,18,22-25,27-33,36-38,43-44,46,48H,5-9,11-17,19-20,42H2,1-3H3/t22?,23?,24?,25-,27-,28?,29-,30?,31?,32+,33?,36+,37+,38+,40+,41+/m1/s1. The number of hydrogen-bond donors (Lipinski definition) is 5. The summed E-state index contributed by atoms with van der Waals surface area (Å²) in [5.74, 6) is -0.758. The number of piperidine rings is 1. The number of rotatable bonds is 7. The molecule has 7 unspecified atom stereocenters. The third-order valence-corrected chi connectivity index (χ3v) is 18.1. The number of allylic oxidation sites excluding steroid dienone is 1. The number of carbonyl (C=O) groups is 4. The minimum Gasteiger partial charge on any atom is -0.462 e. The fourth-order valence-corrected chi connectivity index (χ4v) is 15.7. The Labute approximate surface area is 337 Å². The lowest BCUT2D eigenvalue weighted by Crippen LogP contribution is -2.72. The molecule has 0 radical (unpaired) electrons. The summed E-state index contributed by atoms with van der Waals surface area (Å²) in [6.07, 6.45) is 8.88. The van der Waals surface area contributed by atoms with Gasteiger partial charge < -0.3 is 50.5 Å². The fraction of sp³-hybridized carbons (Fsp3) is 0.805. The summed E-state index contributed by atoms with van der Waals surface area (Å²) in [5, 5.41) is 28.1. The highest BCUT2D eigenvalue weighted by molar-refractivity contribution is 8.77. The number of aliphatic hydroxyl groups excluding tert-OH is 2. The first kappa shape index (κ1) is 40.8. The Morgan fingerprint density at radius 2 is 1.98 bits per heavy atom. The van der Waals surface area contributed by atoms with Gasteiger partial charge in [-0.25, -0.2) is 4.79 Å². The van der Waals surface area contributed by atoms with E-state index < -0.39 is 23.1 Å². The molecule has 0 aromatic carbocycles. The molecule has 8 aliphatic rings. The highest BCUT2D eigenvalue weighted by Gasteiger charge is 2.70. The number of hydrogen-bond acceptors (Lipinski definition) is 14. The Bertz CT molecular complexity index is 1620. The topological polar surface area (TPSA) is 190 Å². The number of aldehydes is 1. The van der Waals surface area contributed by atoms with Crippen LogP contribution in [0.1, 0.15) is 71.6 Å². The number of nitrogens with zero attached hydrogens (tertiary/aromatic N) is 1. The molecule has 15 heteroatoms. The predicted octanol–water partition coefficient (Wildman–Crippen LogP) is 2.34. The maximum absolute atomic E-state index is 14.5. The van der Waals surface area contributed by atoms with Crippen molar-refractivity contribution >= 4 is 45.7 Å². The molecule has 310 valence electrons. The van der Waals surface area contributed by atoms with Crippen LogP contribution in [0.3, 0.4) is 0 Å². The number of carbonyl (C=O) groups excluding carboxylic acids is 4. The Morgan fingerprint density at radius 3 is 2.71 bits per heavy atom. The van der Waals surface area contributed by atoms with E-state index in [1.54, 1.807) is 34.6 Å². The number of esters is 2. The van der Waals surface area contributed by atoms with E-state index in [1.165, 1.54) is 0 Å². The summed E-state index contributed by atoms with van der Waals surface area (Å²) >= 11 is 0. The third-order valence-electron chi connectivity index (χ3n) is 15.3. The minimum absolute atomic E-state index is 0.0326. The van der Waals surface area contributed by atoms with Crippen LogP contribution in [0.25, 0.3) is 0 Å². The van der Waals surface area contributed by atoms with Gasteiger partial charge in [0.05, 0.1) is 24.9 Å². The molecule has 6 N–H and O–H groups in total. The molecular weight excluding hydrogens is 757 g/mol. The van der Waals surface area contributed by atoms with Crippen molar-refractivity contribution in [3.05, 3.63) is 23.3 Å². The zero-order valence-electron chi connectivity index (χ0n) is 32.8. The highest BCUT2D eigenvalue weighted by atomic mass is 33.1. The molecule has 56 heavy (non-hydrogen) atoms. The lowest BCUT2D eigenvalue weighted by Gasteiger charge is -2.60. The van der Waals surface area contributed by atoms with E-state index in [1.807, 2.05) is 14.0 Å². The van der Waals surface area contributed by atoms with Gasteiger partial charge in [-0.15, -0.1) is 0 Å². The lowest BCUT2D eigenvalue weighted by atomic mass is 9.53. The number of amides is 1. The van der Waals surface area contributed by atoms with Crippen LogP contribution >= 0.6 is 21.6 Å². The molecule has 1 amide bonds. The summed E-state index contributed by atoms with van der Waals surface area (Å²) in [5.41, 5.74) is 5.77. The highest BCUT2D eigenvalue weighted by Crippen LogP contribution is 2.63. The van der Waals surface area contributed by atoms with E-state index in [9.17, 15) is 29.4 Å². The first-order chi connectivity index (χ1) is 27.0. The first-order valence-electron chi connectivity index (χ1n) is 20.9. The van der Waals surface area contributed by atoms with Gasteiger partial charge in [0.2, 0.25) is 5.91 Å². The van der Waals surface area contributed by atoms with Crippen LogP contribution in [0.2, 0.25) is 0 Å². The Morgan fingerprint density at radius 1 is 1.16 bits per heavy atom.